The molecule has 10 nitrogen and oxygen atoms in total. The molecule has 0 fully saturated rings. The van der Waals surface area contributed by atoms with Gasteiger partial charge in [-0.3, -0.25) is 4.98 Å². The van der Waals surface area contributed by atoms with E-state index in [0.717, 1.165) is 5.69 Å². The van der Waals surface area contributed by atoms with Crippen molar-refractivity contribution >= 4 is 16.9 Å². The Morgan fingerprint density at radius 3 is 2.64 bits per heavy atom. The number of benzene rings is 1. The summed E-state index contributed by atoms with van der Waals surface area (Å²) in [5.41, 5.74) is 10.0. The quantitative estimate of drug-likeness (QED) is 0.422. The number of pyridine rings is 2. The Labute approximate surface area is 188 Å². The number of hydrogen-bond acceptors (Lipinski definition) is 9. The van der Waals surface area contributed by atoms with Crippen LogP contribution in [-0.4, -0.2) is 35.1 Å². The molecule has 33 heavy (non-hydrogen) atoms. The normalized spacial score (nSPS) is 11.1. The van der Waals surface area contributed by atoms with Gasteiger partial charge in [0.2, 0.25) is 0 Å². The maximum absolute atomic E-state index is 9.91. The minimum atomic E-state index is -0.347. The molecule has 0 radical (unpaired) electrons. The van der Waals surface area contributed by atoms with Crippen LogP contribution in [0.5, 0.6) is 0 Å². The van der Waals surface area contributed by atoms with E-state index in [1.54, 1.807) is 37.4 Å². The molecule has 0 unspecified atom stereocenters. The highest BCUT2D eigenvalue weighted by molar-refractivity contribution is 6.02. The number of nitrogens with zero attached hydrogens (tertiary/aromatic N) is 7. The maximum Gasteiger partial charge on any atom is 0.192 e. The minimum Gasteiger partial charge on any atom is -0.440 e. The van der Waals surface area contributed by atoms with Crippen LogP contribution in [0.15, 0.2) is 53.1 Å². The first-order chi connectivity index (χ1) is 16.1. The van der Waals surface area contributed by atoms with Crippen LogP contribution in [0, 0.1) is 18.3 Å². The Balaban J connectivity index is 1.82. The van der Waals surface area contributed by atoms with Crippen LogP contribution in [0.2, 0.25) is 0 Å². The molecule has 0 aliphatic carbocycles. The second kappa shape index (κ2) is 8.14. The monoisotopic (exact) mass is 438 g/mol. The van der Waals surface area contributed by atoms with Gasteiger partial charge in [0.05, 0.1) is 35.2 Å². The molecular weight excluding hydrogens is 420 g/mol. The van der Waals surface area contributed by atoms with Crippen LogP contribution in [0.25, 0.3) is 33.6 Å². The van der Waals surface area contributed by atoms with Crippen molar-refractivity contribution in [2.75, 3.05) is 5.73 Å². The van der Waals surface area contributed by atoms with Crippen molar-refractivity contribution in [2.45, 2.75) is 20.1 Å². The fraction of sp³-hybridized carbons (Fsp3) is 0.130. The molecule has 4 heterocycles. The highest BCUT2D eigenvalue weighted by Gasteiger charge is 2.26. The summed E-state index contributed by atoms with van der Waals surface area (Å²) in [5.74, 6) is 0.838. The molecule has 5 aromatic rings. The predicted molar refractivity (Wildman–Crippen MR) is 119 cm³/mol. The van der Waals surface area contributed by atoms with Crippen LogP contribution in [0.1, 0.15) is 22.8 Å². The summed E-state index contributed by atoms with van der Waals surface area (Å²) in [6, 6.07) is 14.8. The topological polar surface area (TPSA) is 153 Å². The van der Waals surface area contributed by atoms with Crippen LogP contribution >= 0.6 is 0 Å². The van der Waals surface area contributed by atoms with Gasteiger partial charge in [0.15, 0.2) is 23.0 Å². The number of anilines is 1. The number of aryl methyl sites for hydroxylation is 1. The number of rotatable bonds is 5. The SMILES string of the molecule is Cc1nc(CO)c(-c2c(-c3ccccc3C#N)nc(N)c3nn(Cc4ccccn4)nc23)o1. The lowest BCUT2D eigenvalue weighted by atomic mass is 9.98. The zero-order valence-corrected chi connectivity index (χ0v) is 17.6. The van der Waals surface area contributed by atoms with E-state index < -0.39 is 0 Å². The molecule has 0 aliphatic rings. The van der Waals surface area contributed by atoms with Gasteiger partial charge in [-0.15, -0.1) is 5.10 Å². The number of aliphatic hydroxyl groups is 1. The molecule has 162 valence electrons. The Morgan fingerprint density at radius 2 is 1.88 bits per heavy atom. The minimum absolute atomic E-state index is 0.158. The molecule has 0 aliphatic heterocycles. The highest BCUT2D eigenvalue weighted by Crippen LogP contribution is 2.40. The van der Waals surface area contributed by atoms with Gasteiger partial charge in [0.25, 0.3) is 0 Å². The summed E-state index contributed by atoms with van der Waals surface area (Å²) < 4.78 is 5.88. The number of nitrogens with two attached hydrogens (primary N) is 1. The fourth-order valence-corrected chi connectivity index (χ4v) is 3.71. The van der Waals surface area contributed by atoms with Crippen LogP contribution in [-0.2, 0) is 13.2 Å². The molecule has 4 aromatic heterocycles. The number of oxazole rings is 1. The van der Waals surface area contributed by atoms with Gasteiger partial charge in [0.1, 0.15) is 17.8 Å². The van der Waals surface area contributed by atoms with E-state index in [0.29, 0.717) is 57.3 Å². The Bertz CT molecular complexity index is 1520. The third-order valence-corrected chi connectivity index (χ3v) is 5.12. The second-order valence-electron chi connectivity index (χ2n) is 7.29. The number of aromatic nitrogens is 6. The van der Waals surface area contributed by atoms with Crippen molar-refractivity contribution in [1.29, 1.82) is 5.26 Å². The largest absolute Gasteiger partial charge is 0.440 e. The van der Waals surface area contributed by atoms with Gasteiger partial charge in [-0.2, -0.15) is 15.2 Å². The zero-order chi connectivity index (χ0) is 22.9. The van der Waals surface area contributed by atoms with Crippen molar-refractivity contribution in [3.05, 3.63) is 71.5 Å². The number of fused-ring (bicyclic) bond motifs is 1. The summed E-state index contributed by atoms with van der Waals surface area (Å²) in [6.07, 6.45) is 1.70. The summed E-state index contributed by atoms with van der Waals surface area (Å²) in [6.45, 7) is 1.66. The number of hydrogen-bond donors (Lipinski definition) is 2. The standard InChI is InChI=1S/C23H18N8O2/c1-13-27-17(12-32)22(33-13)18-19(16-8-3-2-6-14(16)10-24)28-23(25)21-20(18)29-31(30-21)11-15-7-4-5-9-26-15/h2-9,32H,11-12H2,1H3,(H2,25,28). The molecule has 0 saturated carbocycles. The van der Waals surface area contributed by atoms with Crippen LogP contribution < -0.4 is 5.73 Å². The molecule has 1 aromatic carbocycles. The molecule has 10 heteroatoms. The average molecular weight is 438 g/mol. The van der Waals surface area contributed by atoms with Gasteiger partial charge in [0, 0.05) is 18.7 Å². The van der Waals surface area contributed by atoms with Gasteiger partial charge in [-0.1, -0.05) is 24.3 Å². The van der Waals surface area contributed by atoms with Crippen molar-refractivity contribution in [1.82, 2.24) is 29.9 Å². The first kappa shape index (κ1) is 20.3. The number of aliphatic hydroxyl groups excluding tert-OH is 1. The predicted octanol–water partition coefficient (Wildman–Crippen LogP) is 2.85. The van der Waals surface area contributed by atoms with Crippen LogP contribution in [0.3, 0.4) is 0 Å². The van der Waals surface area contributed by atoms with E-state index >= 15 is 0 Å². The Hall–Kier alpha value is -4.62. The van der Waals surface area contributed by atoms with E-state index in [2.05, 4.69) is 31.2 Å². The first-order valence-electron chi connectivity index (χ1n) is 10.1. The summed E-state index contributed by atoms with van der Waals surface area (Å²) in [4.78, 5) is 14.7. The molecule has 0 amide bonds. The van der Waals surface area contributed by atoms with Gasteiger partial charge < -0.3 is 15.3 Å². The second-order valence-corrected chi connectivity index (χ2v) is 7.29. The van der Waals surface area contributed by atoms with E-state index in [9.17, 15) is 10.4 Å². The van der Waals surface area contributed by atoms with Gasteiger partial charge in [-0.05, 0) is 18.2 Å². The molecule has 0 bridgehead atoms. The van der Waals surface area contributed by atoms with Gasteiger partial charge >= 0.3 is 0 Å². The molecular formula is C23H18N8O2. The van der Waals surface area contributed by atoms with Crippen LogP contribution in [0.4, 0.5) is 5.82 Å². The van der Waals surface area contributed by atoms with E-state index in [-0.39, 0.29) is 12.4 Å². The van der Waals surface area contributed by atoms with Gasteiger partial charge in [-0.25, -0.2) is 9.97 Å². The smallest absolute Gasteiger partial charge is 0.192 e. The Morgan fingerprint density at radius 1 is 1.09 bits per heavy atom. The van der Waals surface area contributed by atoms with Crippen molar-refractivity contribution < 1.29 is 9.52 Å². The lowest BCUT2D eigenvalue weighted by molar-refractivity contribution is 0.277. The number of nitrogen functional groups attached to an aromatic ring is 1. The molecule has 5 rings (SSSR count). The summed E-state index contributed by atoms with van der Waals surface area (Å²) in [7, 11) is 0. The van der Waals surface area contributed by atoms with Crippen molar-refractivity contribution in [3.8, 4) is 28.7 Å². The zero-order valence-electron chi connectivity index (χ0n) is 17.6. The number of nitriles is 1. The lowest BCUT2D eigenvalue weighted by Gasteiger charge is -2.11. The van der Waals surface area contributed by atoms with E-state index in [4.69, 9.17) is 10.2 Å². The molecule has 3 N–H and O–H groups in total. The van der Waals surface area contributed by atoms with E-state index in [1.165, 1.54) is 4.80 Å². The third kappa shape index (κ3) is 3.56. The molecule has 0 atom stereocenters. The summed E-state index contributed by atoms with van der Waals surface area (Å²) >= 11 is 0. The lowest BCUT2D eigenvalue weighted by Crippen LogP contribution is -2.05. The highest BCUT2D eigenvalue weighted by atomic mass is 16.4. The third-order valence-electron chi connectivity index (χ3n) is 5.12. The average Bonchev–Trinajstić information content (AvgIpc) is 3.43. The summed E-state index contributed by atoms with van der Waals surface area (Å²) in [5, 5.41) is 28.8. The fourth-order valence-electron chi connectivity index (χ4n) is 3.71. The van der Waals surface area contributed by atoms with Crippen molar-refractivity contribution in [2.24, 2.45) is 0 Å². The molecule has 0 spiro atoms. The maximum atomic E-state index is 9.91. The first-order valence-corrected chi connectivity index (χ1v) is 10.1. The molecule has 0 saturated heterocycles. The van der Waals surface area contributed by atoms with Crippen molar-refractivity contribution in [3.63, 3.8) is 0 Å². The van der Waals surface area contributed by atoms with E-state index in [1.807, 2.05) is 18.2 Å². The Kier molecular flexibility index (Phi) is 5.01.